The largest absolute Gasteiger partial charge is 0.392 e. The van der Waals surface area contributed by atoms with Gasteiger partial charge in [-0.05, 0) is 45.7 Å². The van der Waals surface area contributed by atoms with Gasteiger partial charge in [-0.25, -0.2) is 0 Å². The van der Waals surface area contributed by atoms with Crippen LogP contribution in [0.25, 0.3) is 0 Å². The predicted molar refractivity (Wildman–Crippen MR) is 92.3 cm³/mol. The molecule has 2 heterocycles. The minimum Gasteiger partial charge on any atom is -0.392 e. The Bertz CT molecular complexity index is 483. The van der Waals surface area contributed by atoms with Crippen LogP contribution in [0.4, 0.5) is 0 Å². The van der Waals surface area contributed by atoms with Crippen LogP contribution < -0.4 is 0 Å². The molecule has 5 heteroatoms. The molecule has 1 saturated carbocycles. The molecule has 1 spiro atoms. The number of likely N-dealkylation sites (tertiary alicyclic amines) is 2. The fraction of sp³-hybridized carbons (Fsp3) is 0.842. The Hall–Kier alpha value is -1.09. The Morgan fingerprint density at radius 1 is 1.29 bits per heavy atom. The Labute approximate surface area is 145 Å². The lowest BCUT2D eigenvalue weighted by Gasteiger charge is -2.56. The van der Waals surface area contributed by atoms with Crippen LogP contribution in [0.2, 0.25) is 0 Å². The number of ether oxygens (including phenoxy) is 1. The van der Waals surface area contributed by atoms with E-state index in [-0.39, 0.29) is 23.5 Å². The molecule has 24 heavy (non-hydrogen) atoms. The second-order valence-corrected chi connectivity index (χ2v) is 7.51. The molecule has 0 aromatic rings. The van der Waals surface area contributed by atoms with Gasteiger partial charge in [0.25, 0.3) is 0 Å². The average Bonchev–Trinajstić information content (AvgIpc) is 2.62. The Kier molecular flexibility index (Phi) is 5.49. The lowest BCUT2D eigenvalue weighted by Crippen LogP contribution is -2.63. The molecule has 1 aliphatic carbocycles. The molecule has 5 nitrogen and oxygen atoms in total. The third kappa shape index (κ3) is 3.20. The monoisotopic (exact) mass is 334 g/mol. The fourth-order valence-electron chi connectivity index (χ4n) is 4.69. The standard InChI is InChI=1S/C19H30N2O3/c1-3-9-20-10-5-15(6-11-20)18(23)21-12-7-19(8-13-21)16(22)14-17(19)24-4-2/h1,15-17,22H,4-14H2,2H3. The number of aliphatic hydroxyl groups excluding tert-OH is 1. The smallest absolute Gasteiger partial charge is 0.225 e. The minimum atomic E-state index is -0.265. The third-order valence-corrected chi connectivity index (χ3v) is 6.37. The van der Waals surface area contributed by atoms with E-state index in [9.17, 15) is 9.90 Å². The number of amides is 1. The quantitative estimate of drug-likeness (QED) is 0.783. The molecular formula is C19H30N2O3. The highest BCUT2D eigenvalue weighted by Gasteiger charge is 2.56. The first-order valence-electron chi connectivity index (χ1n) is 9.35. The van der Waals surface area contributed by atoms with Crippen molar-refractivity contribution in [3.05, 3.63) is 0 Å². The van der Waals surface area contributed by atoms with Crippen molar-refractivity contribution in [1.29, 1.82) is 0 Å². The lowest BCUT2D eigenvalue weighted by molar-refractivity contribution is -0.210. The van der Waals surface area contributed by atoms with Crippen molar-refractivity contribution in [3.63, 3.8) is 0 Å². The SMILES string of the molecule is C#CCN1CCC(C(=O)N2CCC3(CC2)C(O)CC3OCC)CC1. The molecule has 2 aliphatic heterocycles. The maximum absolute atomic E-state index is 12.8. The molecule has 134 valence electrons. The van der Waals surface area contributed by atoms with E-state index in [4.69, 9.17) is 11.2 Å². The average molecular weight is 334 g/mol. The highest BCUT2D eigenvalue weighted by Crippen LogP contribution is 2.51. The first-order chi connectivity index (χ1) is 11.6. The van der Waals surface area contributed by atoms with Gasteiger partial charge in [-0.1, -0.05) is 5.92 Å². The number of hydrogen-bond acceptors (Lipinski definition) is 4. The van der Waals surface area contributed by atoms with E-state index in [1.807, 2.05) is 11.8 Å². The van der Waals surface area contributed by atoms with Crippen LogP contribution in [-0.4, -0.2) is 72.4 Å². The van der Waals surface area contributed by atoms with Gasteiger partial charge in [0.1, 0.15) is 0 Å². The summed E-state index contributed by atoms with van der Waals surface area (Å²) < 4.78 is 5.80. The molecule has 3 aliphatic rings. The number of aliphatic hydroxyl groups is 1. The van der Waals surface area contributed by atoms with E-state index < -0.39 is 0 Å². The van der Waals surface area contributed by atoms with Crippen molar-refractivity contribution in [2.75, 3.05) is 39.3 Å². The number of hydrogen-bond donors (Lipinski definition) is 1. The summed E-state index contributed by atoms with van der Waals surface area (Å²) in [6.45, 7) is 6.73. The molecule has 2 atom stereocenters. The van der Waals surface area contributed by atoms with E-state index in [1.54, 1.807) is 0 Å². The number of piperidine rings is 2. The molecule has 0 bridgehead atoms. The summed E-state index contributed by atoms with van der Waals surface area (Å²) in [6, 6.07) is 0. The van der Waals surface area contributed by atoms with Gasteiger partial charge in [0.2, 0.25) is 5.91 Å². The molecule has 2 unspecified atom stereocenters. The zero-order valence-electron chi connectivity index (χ0n) is 14.7. The number of carbonyl (C=O) groups is 1. The Morgan fingerprint density at radius 2 is 1.96 bits per heavy atom. The first-order valence-corrected chi connectivity index (χ1v) is 9.35. The Balaban J connectivity index is 1.50. The second-order valence-electron chi connectivity index (χ2n) is 7.51. The highest BCUT2D eigenvalue weighted by molar-refractivity contribution is 5.79. The zero-order chi connectivity index (χ0) is 17.2. The molecule has 1 amide bonds. The van der Waals surface area contributed by atoms with Crippen LogP contribution >= 0.6 is 0 Å². The van der Waals surface area contributed by atoms with Gasteiger partial charge in [-0.15, -0.1) is 6.42 Å². The highest BCUT2D eigenvalue weighted by atomic mass is 16.5. The first kappa shape index (κ1) is 17.7. The van der Waals surface area contributed by atoms with Crippen molar-refractivity contribution in [2.45, 2.75) is 51.2 Å². The maximum Gasteiger partial charge on any atom is 0.225 e. The molecular weight excluding hydrogens is 304 g/mol. The van der Waals surface area contributed by atoms with Gasteiger partial charge in [0, 0.05) is 37.5 Å². The Morgan fingerprint density at radius 3 is 2.50 bits per heavy atom. The van der Waals surface area contributed by atoms with Crippen LogP contribution in [0.5, 0.6) is 0 Å². The molecule has 1 N–H and O–H groups in total. The summed E-state index contributed by atoms with van der Waals surface area (Å²) in [5, 5.41) is 10.3. The molecule has 3 fully saturated rings. The van der Waals surface area contributed by atoms with E-state index in [1.165, 1.54) is 0 Å². The van der Waals surface area contributed by atoms with Crippen LogP contribution in [0, 0.1) is 23.7 Å². The minimum absolute atomic E-state index is 0.108. The number of carbonyl (C=O) groups excluding carboxylic acids is 1. The van der Waals surface area contributed by atoms with E-state index in [2.05, 4.69) is 10.8 Å². The van der Waals surface area contributed by atoms with Crippen LogP contribution in [0.3, 0.4) is 0 Å². The second kappa shape index (κ2) is 7.43. The van der Waals surface area contributed by atoms with Crippen LogP contribution in [0.15, 0.2) is 0 Å². The van der Waals surface area contributed by atoms with Gasteiger partial charge in [-0.3, -0.25) is 9.69 Å². The topological polar surface area (TPSA) is 53.0 Å². The molecule has 0 aromatic carbocycles. The van der Waals surface area contributed by atoms with E-state index in [0.717, 1.165) is 58.3 Å². The van der Waals surface area contributed by atoms with Crippen molar-refractivity contribution in [1.82, 2.24) is 9.80 Å². The van der Waals surface area contributed by atoms with Gasteiger partial charge < -0.3 is 14.7 Å². The number of terminal acetylenes is 1. The van der Waals surface area contributed by atoms with Gasteiger partial charge >= 0.3 is 0 Å². The number of rotatable bonds is 4. The zero-order valence-corrected chi connectivity index (χ0v) is 14.7. The summed E-state index contributed by atoms with van der Waals surface area (Å²) >= 11 is 0. The summed E-state index contributed by atoms with van der Waals surface area (Å²) in [4.78, 5) is 17.1. The lowest BCUT2D eigenvalue weighted by atomic mass is 9.58. The van der Waals surface area contributed by atoms with Crippen molar-refractivity contribution >= 4 is 5.91 Å². The predicted octanol–water partition coefficient (Wildman–Crippen LogP) is 1.11. The van der Waals surface area contributed by atoms with Crippen molar-refractivity contribution in [2.24, 2.45) is 11.3 Å². The van der Waals surface area contributed by atoms with Crippen LogP contribution in [0.1, 0.15) is 39.0 Å². The van der Waals surface area contributed by atoms with Gasteiger partial charge in [0.05, 0.1) is 18.8 Å². The molecule has 0 radical (unpaired) electrons. The van der Waals surface area contributed by atoms with E-state index >= 15 is 0 Å². The fourth-order valence-corrected chi connectivity index (χ4v) is 4.69. The van der Waals surface area contributed by atoms with Crippen LogP contribution in [-0.2, 0) is 9.53 Å². The van der Waals surface area contributed by atoms with E-state index in [0.29, 0.717) is 19.1 Å². The summed E-state index contributed by atoms with van der Waals surface area (Å²) in [6.07, 6.45) is 9.55. The molecule has 2 saturated heterocycles. The normalized spacial score (nSPS) is 30.8. The maximum atomic E-state index is 12.8. The number of nitrogens with zero attached hydrogens (tertiary/aromatic N) is 2. The van der Waals surface area contributed by atoms with Crippen molar-refractivity contribution < 1.29 is 14.6 Å². The summed E-state index contributed by atoms with van der Waals surface area (Å²) in [7, 11) is 0. The summed E-state index contributed by atoms with van der Waals surface area (Å²) in [5.41, 5.74) is -0.108. The van der Waals surface area contributed by atoms with Gasteiger partial charge in [-0.2, -0.15) is 0 Å². The summed E-state index contributed by atoms with van der Waals surface area (Å²) in [5.74, 6) is 3.12. The molecule has 3 rings (SSSR count). The van der Waals surface area contributed by atoms with Crippen molar-refractivity contribution in [3.8, 4) is 12.3 Å². The third-order valence-electron chi connectivity index (χ3n) is 6.37. The molecule has 0 aromatic heterocycles. The van der Waals surface area contributed by atoms with Gasteiger partial charge in [0.15, 0.2) is 0 Å².